The summed E-state index contributed by atoms with van der Waals surface area (Å²) in [5, 5.41) is 2.89. The van der Waals surface area contributed by atoms with Gasteiger partial charge in [-0.2, -0.15) is 0 Å². The van der Waals surface area contributed by atoms with Crippen LogP contribution in [0.2, 0.25) is 0 Å². The number of anilines is 2. The van der Waals surface area contributed by atoms with Crippen LogP contribution in [0, 0.1) is 13.8 Å². The third-order valence-corrected chi connectivity index (χ3v) is 7.41. The zero-order valence-corrected chi connectivity index (χ0v) is 24.3. The fourth-order valence-corrected chi connectivity index (χ4v) is 4.91. The Labute approximate surface area is 238 Å². The van der Waals surface area contributed by atoms with Crippen LogP contribution in [0.1, 0.15) is 69.9 Å². The van der Waals surface area contributed by atoms with Gasteiger partial charge < -0.3 is 25.3 Å². The molecule has 2 aromatic rings. The number of amides is 3. The molecule has 2 aliphatic rings. The smallest absolute Gasteiger partial charge is 0.258 e. The van der Waals surface area contributed by atoms with E-state index in [2.05, 4.69) is 5.32 Å². The van der Waals surface area contributed by atoms with Crippen LogP contribution in [-0.2, 0) is 0 Å². The van der Waals surface area contributed by atoms with Crippen molar-refractivity contribution >= 4 is 40.2 Å². The second-order valence-corrected chi connectivity index (χ2v) is 9.68. The fourth-order valence-electron chi connectivity index (χ4n) is 4.91. The maximum absolute atomic E-state index is 13.8. The fraction of sp³-hybridized carbons (Fsp3) is 0.323. The van der Waals surface area contributed by atoms with Crippen molar-refractivity contribution in [1.29, 1.82) is 0 Å². The molecule has 3 amide bonds. The Balaban J connectivity index is 2.08. The molecule has 1 aliphatic carbocycles. The molecule has 0 saturated carbocycles. The number of carbonyl (C=O) groups is 3. The van der Waals surface area contributed by atoms with E-state index >= 15 is 0 Å². The summed E-state index contributed by atoms with van der Waals surface area (Å²) in [5.41, 5.74) is 7.67. The van der Waals surface area contributed by atoms with Gasteiger partial charge in [0.15, 0.2) is 11.3 Å². The molecule has 4 rings (SSSR count). The second kappa shape index (κ2) is 11.8. The van der Waals surface area contributed by atoms with Crippen molar-refractivity contribution in [2.24, 2.45) is 0 Å². The minimum atomic E-state index is -0.525. The van der Waals surface area contributed by atoms with E-state index in [0.29, 0.717) is 43.0 Å². The first-order chi connectivity index (χ1) is 19.6. The zero-order chi connectivity index (χ0) is 30.0. The van der Waals surface area contributed by atoms with Crippen LogP contribution in [-0.4, -0.2) is 58.7 Å². The summed E-state index contributed by atoms with van der Waals surface area (Å²) in [6.45, 7) is 12.4. The van der Waals surface area contributed by atoms with E-state index in [9.17, 15) is 19.2 Å². The third-order valence-electron chi connectivity index (χ3n) is 7.41. The molecule has 0 spiro atoms. The Morgan fingerprint density at radius 3 is 2.07 bits per heavy atom. The predicted octanol–water partition coefficient (Wildman–Crippen LogP) is 4.71. The maximum Gasteiger partial charge on any atom is 0.258 e. The molecule has 1 heterocycles. The lowest BCUT2D eigenvalue weighted by Crippen LogP contribution is -2.34. The summed E-state index contributed by atoms with van der Waals surface area (Å²) in [4.78, 5) is 61.5. The van der Waals surface area contributed by atoms with Crippen molar-refractivity contribution in [1.82, 2.24) is 14.8 Å². The highest BCUT2D eigenvalue weighted by atomic mass is 16.3. The van der Waals surface area contributed by atoms with Gasteiger partial charge in [-0.25, -0.2) is 4.98 Å². The van der Waals surface area contributed by atoms with Gasteiger partial charge in [-0.15, -0.1) is 0 Å². The lowest BCUT2D eigenvalue weighted by molar-refractivity contribution is 0.0767. The number of fused-ring (bicyclic) bond motifs is 2. The van der Waals surface area contributed by atoms with Gasteiger partial charge in [0.1, 0.15) is 11.2 Å². The van der Waals surface area contributed by atoms with Crippen molar-refractivity contribution in [3.63, 3.8) is 0 Å². The van der Waals surface area contributed by atoms with Crippen LogP contribution in [0.3, 0.4) is 0 Å². The summed E-state index contributed by atoms with van der Waals surface area (Å²) in [7, 11) is 0. The molecule has 1 aliphatic heterocycles. The predicted molar refractivity (Wildman–Crippen MR) is 160 cm³/mol. The number of hydrogen-bond acceptors (Lipinski definition) is 7. The number of nitrogens with one attached hydrogen (secondary N) is 1. The summed E-state index contributed by atoms with van der Waals surface area (Å²) >= 11 is 0. The standard InChI is InChI=1S/C31H35N5O5/c1-7-35(8-2)30(39)20-16-21(33-29(38)19-14-12-11-13-15-19)17(5)27-24(20)34-25-22(31(40)36(9-3)10-4)23(32)26(37)18(6)28(25)41-27/h11-16H,7-10,32H2,1-6H3,(H,33,38). The highest BCUT2D eigenvalue weighted by Crippen LogP contribution is 2.37. The summed E-state index contributed by atoms with van der Waals surface area (Å²) < 4.78 is 6.34. The van der Waals surface area contributed by atoms with Gasteiger partial charge in [0.25, 0.3) is 17.7 Å². The van der Waals surface area contributed by atoms with Gasteiger partial charge in [-0.3, -0.25) is 19.2 Å². The van der Waals surface area contributed by atoms with Crippen LogP contribution in [0.5, 0.6) is 0 Å². The van der Waals surface area contributed by atoms with Gasteiger partial charge in [0, 0.05) is 48.6 Å². The number of carbonyl (C=O) groups excluding carboxylic acids is 3. The number of hydrogen-bond donors (Lipinski definition) is 2. The largest absolute Gasteiger partial charge is 0.452 e. The minimum absolute atomic E-state index is 0.0506. The number of aromatic nitrogens is 1. The molecule has 214 valence electrons. The Bertz CT molecular complexity index is 1670. The first kappa shape index (κ1) is 29.3. The summed E-state index contributed by atoms with van der Waals surface area (Å²) in [5.74, 6) is -1.03. The lowest BCUT2D eigenvalue weighted by Gasteiger charge is -2.24. The number of benzene rings is 3. The van der Waals surface area contributed by atoms with Crippen molar-refractivity contribution in [2.45, 2.75) is 41.5 Å². The van der Waals surface area contributed by atoms with Crippen molar-refractivity contribution in [2.75, 3.05) is 37.2 Å². The summed E-state index contributed by atoms with van der Waals surface area (Å²) in [6, 6.07) is 10.3. The highest BCUT2D eigenvalue weighted by Gasteiger charge is 2.31. The van der Waals surface area contributed by atoms with Crippen LogP contribution in [0.25, 0.3) is 22.6 Å². The van der Waals surface area contributed by atoms with E-state index in [4.69, 9.17) is 15.1 Å². The molecular weight excluding hydrogens is 522 g/mol. The Kier molecular flexibility index (Phi) is 8.41. The first-order valence-electron chi connectivity index (χ1n) is 13.7. The number of nitrogens with two attached hydrogens (primary N) is 1. The molecule has 0 atom stereocenters. The molecule has 0 fully saturated rings. The van der Waals surface area contributed by atoms with E-state index in [1.54, 1.807) is 54.0 Å². The molecule has 2 aromatic carbocycles. The third kappa shape index (κ3) is 5.13. The van der Waals surface area contributed by atoms with Crippen molar-refractivity contribution in [3.8, 4) is 11.5 Å². The minimum Gasteiger partial charge on any atom is -0.452 e. The van der Waals surface area contributed by atoms with Crippen LogP contribution < -0.4 is 16.5 Å². The van der Waals surface area contributed by atoms with E-state index in [0.717, 1.165) is 0 Å². The van der Waals surface area contributed by atoms with E-state index in [-0.39, 0.29) is 56.7 Å². The Morgan fingerprint density at radius 1 is 0.902 bits per heavy atom. The summed E-state index contributed by atoms with van der Waals surface area (Å²) in [6.07, 6.45) is 0. The van der Waals surface area contributed by atoms with Gasteiger partial charge in [0.05, 0.1) is 16.8 Å². The lowest BCUT2D eigenvalue weighted by atomic mass is 9.98. The topological polar surface area (TPSA) is 139 Å². The molecule has 3 N–H and O–H groups in total. The molecular formula is C31H35N5O5. The van der Waals surface area contributed by atoms with Gasteiger partial charge >= 0.3 is 0 Å². The molecule has 41 heavy (non-hydrogen) atoms. The molecule has 10 nitrogen and oxygen atoms in total. The van der Waals surface area contributed by atoms with Crippen molar-refractivity contribution in [3.05, 3.63) is 74.4 Å². The van der Waals surface area contributed by atoms with Crippen LogP contribution >= 0.6 is 0 Å². The van der Waals surface area contributed by atoms with Gasteiger partial charge in [0.2, 0.25) is 5.43 Å². The number of nitrogen functional groups attached to an aromatic ring is 1. The first-order valence-corrected chi connectivity index (χ1v) is 13.7. The number of aryl methyl sites for hydroxylation is 1. The Hall–Kier alpha value is -4.73. The van der Waals surface area contributed by atoms with E-state index < -0.39 is 11.3 Å². The molecule has 0 radical (unpaired) electrons. The average Bonchev–Trinajstić information content (AvgIpc) is 2.98. The van der Waals surface area contributed by atoms with Crippen LogP contribution in [0.4, 0.5) is 11.4 Å². The van der Waals surface area contributed by atoms with Gasteiger partial charge in [-0.1, -0.05) is 18.2 Å². The molecule has 0 unspecified atom stereocenters. The molecule has 0 bridgehead atoms. The molecule has 0 saturated heterocycles. The SMILES string of the molecule is CCN(CC)C(=O)c1c2nc3c(C(=O)N(CC)CC)cc(NC(=O)c4ccccc4)c(C)c3oc-2c(C)c(=O)c1N. The van der Waals surface area contributed by atoms with Crippen molar-refractivity contribution < 1.29 is 18.8 Å². The van der Waals surface area contributed by atoms with Gasteiger partial charge in [-0.05, 0) is 59.7 Å². The monoisotopic (exact) mass is 557 g/mol. The number of rotatable bonds is 8. The van der Waals surface area contributed by atoms with E-state index in [1.165, 1.54) is 0 Å². The number of nitrogens with zero attached hydrogens (tertiary/aromatic N) is 3. The van der Waals surface area contributed by atoms with E-state index in [1.807, 2.05) is 33.8 Å². The average molecular weight is 558 g/mol. The second-order valence-electron chi connectivity index (χ2n) is 9.68. The van der Waals surface area contributed by atoms with Crippen LogP contribution in [0.15, 0.2) is 45.6 Å². The molecule has 10 heteroatoms. The highest BCUT2D eigenvalue weighted by molar-refractivity contribution is 6.12. The Morgan fingerprint density at radius 2 is 1.49 bits per heavy atom. The normalized spacial score (nSPS) is 11.1. The molecule has 0 aromatic heterocycles. The zero-order valence-electron chi connectivity index (χ0n) is 24.3. The maximum atomic E-state index is 13.8. The quantitative estimate of drug-likeness (QED) is 0.236.